The number of benzene rings is 3. The van der Waals surface area contributed by atoms with Gasteiger partial charge in [-0.3, -0.25) is 9.69 Å². The number of rotatable bonds is 6. The first kappa shape index (κ1) is 23.2. The Balaban J connectivity index is 1.56. The smallest absolute Gasteiger partial charge is 0.251 e. The second kappa shape index (κ2) is 9.87. The number of amides is 1. The largest absolute Gasteiger partial charge is 0.355 e. The SMILES string of the molecule is CNC(=O)c1cc(S(=O)(=O)N2CCN(C(c3ccccc3)c3ccccc3)CC2)ccc1C. The molecule has 1 aliphatic heterocycles. The second-order valence-electron chi connectivity index (χ2n) is 8.22. The summed E-state index contributed by atoms with van der Waals surface area (Å²) in [6, 6.07) is 25.4. The van der Waals surface area contributed by atoms with Gasteiger partial charge in [0.2, 0.25) is 10.0 Å². The topological polar surface area (TPSA) is 69.7 Å². The van der Waals surface area contributed by atoms with Gasteiger partial charge < -0.3 is 5.32 Å². The molecule has 1 amide bonds. The number of hydrogen-bond acceptors (Lipinski definition) is 4. The van der Waals surface area contributed by atoms with E-state index in [4.69, 9.17) is 0 Å². The minimum Gasteiger partial charge on any atom is -0.355 e. The molecule has 0 spiro atoms. The van der Waals surface area contributed by atoms with Gasteiger partial charge in [0.1, 0.15) is 0 Å². The maximum atomic E-state index is 13.4. The van der Waals surface area contributed by atoms with E-state index in [0.717, 1.165) is 5.56 Å². The van der Waals surface area contributed by atoms with Crippen molar-refractivity contribution in [1.82, 2.24) is 14.5 Å². The van der Waals surface area contributed by atoms with Crippen molar-refractivity contribution in [2.75, 3.05) is 33.2 Å². The van der Waals surface area contributed by atoms with Gasteiger partial charge in [-0.05, 0) is 35.7 Å². The summed E-state index contributed by atoms with van der Waals surface area (Å²) in [5.74, 6) is -0.289. The van der Waals surface area contributed by atoms with Crippen LogP contribution in [0, 0.1) is 6.92 Å². The van der Waals surface area contributed by atoms with Crippen molar-refractivity contribution < 1.29 is 13.2 Å². The molecule has 3 aromatic rings. The molecule has 172 valence electrons. The van der Waals surface area contributed by atoms with Gasteiger partial charge in [-0.2, -0.15) is 4.31 Å². The Bertz CT molecular complexity index is 1170. The van der Waals surface area contributed by atoms with E-state index >= 15 is 0 Å². The van der Waals surface area contributed by atoms with Gasteiger partial charge in [-0.1, -0.05) is 66.7 Å². The first-order chi connectivity index (χ1) is 15.9. The Hall–Kier alpha value is -3.00. The standard InChI is InChI=1S/C26H29N3O3S/c1-20-13-14-23(19-24(20)26(30)27-2)33(31,32)29-17-15-28(16-18-29)25(21-9-5-3-6-10-21)22-11-7-4-8-12-22/h3-14,19,25H,15-18H2,1-2H3,(H,27,30). The molecular weight excluding hydrogens is 434 g/mol. The summed E-state index contributed by atoms with van der Waals surface area (Å²) in [6.07, 6.45) is 0. The molecule has 0 saturated carbocycles. The van der Waals surface area contributed by atoms with E-state index in [1.807, 2.05) is 36.4 Å². The van der Waals surface area contributed by atoms with Crippen molar-refractivity contribution in [1.29, 1.82) is 0 Å². The van der Waals surface area contributed by atoms with Gasteiger partial charge in [0.15, 0.2) is 0 Å². The van der Waals surface area contributed by atoms with Crippen LogP contribution in [0.4, 0.5) is 0 Å². The highest BCUT2D eigenvalue weighted by Crippen LogP contribution is 2.30. The number of nitrogens with one attached hydrogen (secondary N) is 1. The fourth-order valence-electron chi connectivity index (χ4n) is 4.38. The third-order valence-electron chi connectivity index (χ3n) is 6.19. The highest BCUT2D eigenvalue weighted by atomic mass is 32.2. The van der Waals surface area contributed by atoms with E-state index in [1.54, 1.807) is 19.1 Å². The second-order valence-corrected chi connectivity index (χ2v) is 10.2. The lowest BCUT2D eigenvalue weighted by Crippen LogP contribution is -2.49. The average Bonchev–Trinajstić information content (AvgIpc) is 2.85. The van der Waals surface area contributed by atoms with Crippen molar-refractivity contribution in [2.24, 2.45) is 0 Å². The fourth-order valence-corrected chi connectivity index (χ4v) is 5.83. The number of carbonyl (C=O) groups is 1. The third-order valence-corrected chi connectivity index (χ3v) is 8.08. The Morgan fingerprint density at radius 1 is 0.848 bits per heavy atom. The molecule has 1 fully saturated rings. The molecule has 0 aliphatic carbocycles. The number of carbonyl (C=O) groups excluding carboxylic acids is 1. The van der Waals surface area contributed by atoms with E-state index in [9.17, 15) is 13.2 Å². The number of hydrogen-bond donors (Lipinski definition) is 1. The number of piperazine rings is 1. The normalized spacial score (nSPS) is 15.5. The van der Waals surface area contributed by atoms with Gasteiger partial charge in [0.05, 0.1) is 10.9 Å². The molecular formula is C26H29N3O3S. The van der Waals surface area contributed by atoms with Crippen LogP contribution in [0.3, 0.4) is 0 Å². The molecule has 3 aromatic carbocycles. The Labute approximate surface area is 195 Å². The van der Waals surface area contributed by atoms with Crippen molar-refractivity contribution in [2.45, 2.75) is 17.9 Å². The molecule has 0 atom stereocenters. The highest BCUT2D eigenvalue weighted by Gasteiger charge is 2.32. The van der Waals surface area contributed by atoms with Crippen molar-refractivity contribution in [3.63, 3.8) is 0 Å². The number of nitrogens with zero attached hydrogens (tertiary/aromatic N) is 2. The summed E-state index contributed by atoms with van der Waals surface area (Å²) in [4.78, 5) is 14.6. The van der Waals surface area contributed by atoms with Crippen LogP contribution < -0.4 is 5.32 Å². The Morgan fingerprint density at radius 2 is 1.39 bits per heavy atom. The first-order valence-electron chi connectivity index (χ1n) is 11.1. The maximum absolute atomic E-state index is 13.4. The molecule has 0 radical (unpaired) electrons. The summed E-state index contributed by atoms with van der Waals surface area (Å²) in [6.45, 7) is 3.81. The predicted molar refractivity (Wildman–Crippen MR) is 130 cm³/mol. The van der Waals surface area contributed by atoms with Crippen LogP contribution in [-0.4, -0.2) is 56.8 Å². The molecule has 1 N–H and O–H groups in total. The van der Waals surface area contributed by atoms with Crippen LogP contribution in [0.25, 0.3) is 0 Å². The summed E-state index contributed by atoms with van der Waals surface area (Å²) >= 11 is 0. The van der Waals surface area contributed by atoms with Crippen LogP contribution in [0.1, 0.15) is 33.1 Å². The van der Waals surface area contributed by atoms with E-state index in [0.29, 0.717) is 31.7 Å². The molecule has 7 heteroatoms. The zero-order valence-electron chi connectivity index (χ0n) is 18.9. The van der Waals surface area contributed by atoms with Crippen molar-refractivity contribution in [3.8, 4) is 0 Å². The molecule has 1 saturated heterocycles. The first-order valence-corrected chi connectivity index (χ1v) is 12.5. The molecule has 0 aromatic heterocycles. The van der Waals surface area contributed by atoms with Crippen molar-refractivity contribution >= 4 is 15.9 Å². The highest BCUT2D eigenvalue weighted by molar-refractivity contribution is 7.89. The number of sulfonamides is 1. The van der Waals surface area contributed by atoms with Crippen LogP contribution in [0.2, 0.25) is 0 Å². The third kappa shape index (κ3) is 4.85. The van der Waals surface area contributed by atoms with E-state index in [-0.39, 0.29) is 16.8 Å². The van der Waals surface area contributed by atoms with Gasteiger partial charge >= 0.3 is 0 Å². The molecule has 6 nitrogen and oxygen atoms in total. The Morgan fingerprint density at radius 3 is 1.91 bits per heavy atom. The molecule has 33 heavy (non-hydrogen) atoms. The minimum absolute atomic E-state index is 0.0662. The van der Waals surface area contributed by atoms with Gasteiger partial charge in [-0.15, -0.1) is 0 Å². The van der Waals surface area contributed by atoms with Crippen LogP contribution in [0.5, 0.6) is 0 Å². The summed E-state index contributed by atoms with van der Waals surface area (Å²) < 4.78 is 28.2. The van der Waals surface area contributed by atoms with Crippen molar-refractivity contribution in [3.05, 3.63) is 101 Å². The lowest BCUT2D eigenvalue weighted by molar-refractivity contribution is 0.0962. The van der Waals surface area contributed by atoms with E-state index in [2.05, 4.69) is 34.5 Å². The average molecular weight is 464 g/mol. The van der Waals surface area contributed by atoms with Crippen LogP contribution >= 0.6 is 0 Å². The Kier molecular flexibility index (Phi) is 6.93. The quantitative estimate of drug-likeness (QED) is 0.608. The van der Waals surface area contributed by atoms with Gasteiger partial charge in [-0.25, -0.2) is 8.42 Å². The summed E-state index contributed by atoms with van der Waals surface area (Å²) in [7, 11) is -2.16. The van der Waals surface area contributed by atoms with E-state index in [1.165, 1.54) is 28.5 Å². The van der Waals surface area contributed by atoms with Gasteiger partial charge in [0.25, 0.3) is 5.91 Å². The zero-order chi connectivity index (χ0) is 23.4. The maximum Gasteiger partial charge on any atom is 0.251 e. The zero-order valence-corrected chi connectivity index (χ0v) is 19.8. The lowest BCUT2D eigenvalue weighted by atomic mass is 9.96. The van der Waals surface area contributed by atoms with Crippen LogP contribution in [-0.2, 0) is 10.0 Å². The molecule has 4 rings (SSSR count). The van der Waals surface area contributed by atoms with E-state index < -0.39 is 10.0 Å². The number of aryl methyl sites for hydroxylation is 1. The van der Waals surface area contributed by atoms with Crippen LogP contribution in [0.15, 0.2) is 83.8 Å². The molecule has 0 unspecified atom stereocenters. The molecule has 0 bridgehead atoms. The molecule has 1 heterocycles. The van der Waals surface area contributed by atoms with Gasteiger partial charge in [0, 0.05) is 38.8 Å². The molecule has 1 aliphatic rings. The fraction of sp³-hybridized carbons (Fsp3) is 0.269. The summed E-state index contributed by atoms with van der Waals surface area (Å²) in [5.41, 5.74) is 3.50. The minimum atomic E-state index is -3.69. The summed E-state index contributed by atoms with van der Waals surface area (Å²) in [5, 5.41) is 2.58. The lowest BCUT2D eigenvalue weighted by Gasteiger charge is -2.39. The predicted octanol–water partition coefficient (Wildman–Crippen LogP) is 3.45. The monoisotopic (exact) mass is 463 g/mol.